The smallest absolute Gasteiger partial charge is 0.0934 e. The van der Waals surface area contributed by atoms with Gasteiger partial charge in [0.2, 0.25) is 0 Å². The average Bonchev–Trinajstić information content (AvgIpc) is 2.34. The highest BCUT2D eigenvalue weighted by Gasteiger charge is 1.88. The SMILES string of the molecule is OCNCc1cnc[nH]1. The number of aliphatic hydroxyl groups is 1. The van der Waals surface area contributed by atoms with Gasteiger partial charge < -0.3 is 10.1 Å². The summed E-state index contributed by atoms with van der Waals surface area (Å²) < 4.78 is 0. The Balaban J connectivity index is 2.30. The van der Waals surface area contributed by atoms with Gasteiger partial charge in [-0.2, -0.15) is 0 Å². The summed E-state index contributed by atoms with van der Waals surface area (Å²) in [4.78, 5) is 6.69. The molecule has 9 heavy (non-hydrogen) atoms. The molecule has 1 aromatic heterocycles. The van der Waals surface area contributed by atoms with Crippen molar-refractivity contribution in [2.75, 3.05) is 6.73 Å². The maximum atomic E-state index is 8.32. The standard InChI is InChI=1S/C5H9N3O/c9-4-7-2-5-1-6-3-8-5/h1,3,7,9H,2,4H2,(H,6,8). The van der Waals surface area contributed by atoms with Crippen LogP contribution in [0.3, 0.4) is 0 Å². The van der Waals surface area contributed by atoms with Crippen LogP contribution in [0.2, 0.25) is 0 Å². The Morgan fingerprint density at radius 2 is 2.67 bits per heavy atom. The Kier molecular flexibility index (Phi) is 2.23. The maximum Gasteiger partial charge on any atom is 0.0934 e. The number of aliphatic hydroxyl groups excluding tert-OH is 1. The van der Waals surface area contributed by atoms with E-state index in [-0.39, 0.29) is 6.73 Å². The van der Waals surface area contributed by atoms with E-state index in [1.807, 2.05) is 0 Å². The van der Waals surface area contributed by atoms with Gasteiger partial charge in [0.15, 0.2) is 0 Å². The number of H-pyrrole nitrogens is 1. The molecule has 0 unspecified atom stereocenters. The minimum atomic E-state index is -0.000972. The zero-order chi connectivity index (χ0) is 6.53. The van der Waals surface area contributed by atoms with E-state index >= 15 is 0 Å². The molecule has 1 rings (SSSR count). The molecule has 0 aliphatic carbocycles. The first-order valence-corrected chi connectivity index (χ1v) is 2.72. The van der Waals surface area contributed by atoms with Gasteiger partial charge in [0.1, 0.15) is 0 Å². The molecule has 1 heterocycles. The Labute approximate surface area is 52.9 Å². The second-order valence-electron chi connectivity index (χ2n) is 1.66. The molecule has 0 saturated carbocycles. The van der Waals surface area contributed by atoms with Crippen molar-refractivity contribution in [1.29, 1.82) is 0 Å². The topological polar surface area (TPSA) is 60.9 Å². The van der Waals surface area contributed by atoms with Crippen LogP contribution in [-0.4, -0.2) is 21.8 Å². The van der Waals surface area contributed by atoms with Crippen molar-refractivity contribution in [2.24, 2.45) is 0 Å². The predicted octanol–water partition coefficient (Wildman–Crippen LogP) is -0.551. The van der Waals surface area contributed by atoms with Crippen molar-refractivity contribution in [2.45, 2.75) is 6.54 Å². The summed E-state index contributed by atoms with van der Waals surface area (Å²) in [6, 6.07) is 0. The molecule has 3 N–H and O–H groups in total. The van der Waals surface area contributed by atoms with Gasteiger partial charge in [-0.25, -0.2) is 4.98 Å². The number of rotatable bonds is 3. The van der Waals surface area contributed by atoms with Crippen LogP contribution in [0.25, 0.3) is 0 Å². The minimum absolute atomic E-state index is 0.000972. The van der Waals surface area contributed by atoms with Crippen LogP contribution >= 0.6 is 0 Å². The molecule has 0 saturated heterocycles. The van der Waals surface area contributed by atoms with E-state index in [0.717, 1.165) is 5.69 Å². The highest BCUT2D eigenvalue weighted by molar-refractivity contribution is 4.92. The molecule has 4 heteroatoms. The first-order valence-electron chi connectivity index (χ1n) is 2.72. The molecule has 0 spiro atoms. The van der Waals surface area contributed by atoms with Crippen LogP contribution in [0.1, 0.15) is 5.69 Å². The summed E-state index contributed by atoms with van der Waals surface area (Å²) in [5.41, 5.74) is 0.976. The molecular formula is C5H9N3O. The third-order valence-corrected chi connectivity index (χ3v) is 0.982. The van der Waals surface area contributed by atoms with E-state index in [0.29, 0.717) is 6.54 Å². The van der Waals surface area contributed by atoms with Crippen LogP contribution in [0.4, 0.5) is 0 Å². The van der Waals surface area contributed by atoms with Gasteiger partial charge in [-0.15, -0.1) is 0 Å². The second-order valence-corrected chi connectivity index (χ2v) is 1.66. The molecule has 0 aliphatic heterocycles. The quantitative estimate of drug-likeness (QED) is 0.477. The fraction of sp³-hybridized carbons (Fsp3) is 0.400. The Hall–Kier alpha value is -0.870. The number of nitrogens with one attached hydrogen (secondary N) is 2. The molecule has 0 aromatic carbocycles. The summed E-state index contributed by atoms with van der Waals surface area (Å²) in [7, 11) is 0. The van der Waals surface area contributed by atoms with Gasteiger partial charge in [-0.1, -0.05) is 0 Å². The van der Waals surface area contributed by atoms with Gasteiger partial charge in [-0.3, -0.25) is 5.32 Å². The van der Waals surface area contributed by atoms with Crippen LogP contribution in [0, 0.1) is 0 Å². The van der Waals surface area contributed by atoms with Crippen molar-refractivity contribution >= 4 is 0 Å². The number of hydrogen-bond acceptors (Lipinski definition) is 3. The first-order chi connectivity index (χ1) is 4.43. The van der Waals surface area contributed by atoms with Gasteiger partial charge in [0.05, 0.1) is 13.1 Å². The second kappa shape index (κ2) is 3.21. The average molecular weight is 127 g/mol. The fourth-order valence-corrected chi connectivity index (χ4v) is 0.572. The molecule has 0 bridgehead atoms. The zero-order valence-electron chi connectivity index (χ0n) is 4.96. The summed E-state index contributed by atoms with van der Waals surface area (Å²) in [5, 5.41) is 11.1. The third-order valence-electron chi connectivity index (χ3n) is 0.982. The summed E-state index contributed by atoms with van der Waals surface area (Å²) >= 11 is 0. The van der Waals surface area contributed by atoms with Crippen molar-refractivity contribution in [3.63, 3.8) is 0 Å². The Morgan fingerprint density at radius 1 is 1.78 bits per heavy atom. The molecule has 0 aliphatic rings. The molecule has 0 amide bonds. The summed E-state index contributed by atoms with van der Waals surface area (Å²) in [6.07, 6.45) is 3.32. The van der Waals surface area contributed by atoms with Crippen LogP contribution in [0.5, 0.6) is 0 Å². The van der Waals surface area contributed by atoms with Crippen molar-refractivity contribution in [3.8, 4) is 0 Å². The lowest BCUT2D eigenvalue weighted by molar-refractivity contribution is 0.259. The molecule has 1 aromatic rings. The zero-order valence-corrected chi connectivity index (χ0v) is 4.96. The highest BCUT2D eigenvalue weighted by Crippen LogP contribution is 1.86. The number of hydrogen-bond donors (Lipinski definition) is 3. The maximum absolute atomic E-state index is 8.32. The molecule has 0 atom stereocenters. The van der Waals surface area contributed by atoms with E-state index in [9.17, 15) is 0 Å². The van der Waals surface area contributed by atoms with E-state index < -0.39 is 0 Å². The largest absolute Gasteiger partial charge is 0.381 e. The number of imidazole rings is 1. The normalized spacial score (nSPS) is 9.89. The van der Waals surface area contributed by atoms with Gasteiger partial charge in [0.25, 0.3) is 0 Å². The van der Waals surface area contributed by atoms with E-state index in [4.69, 9.17) is 5.11 Å². The molecule has 0 radical (unpaired) electrons. The van der Waals surface area contributed by atoms with Gasteiger partial charge in [-0.05, 0) is 0 Å². The molecule has 4 nitrogen and oxygen atoms in total. The first kappa shape index (κ1) is 6.25. The molecular weight excluding hydrogens is 118 g/mol. The number of aromatic amines is 1. The molecule has 50 valence electrons. The minimum Gasteiger partial charge on any atom is -0.381 e. The summed E-state index contributed by atoms with van der Waals surface area (Å²) in [5.74, 6) is 0. The Morgan fingerprint density at radius 3 is 3.22 bits per heavy atom. The van der Waals surface area contributed by atoms with Gasteiger partial charge >= 0.3 is 0 Å². The van der Waals surface area contributed by atoms with Crippen molar-refractivity contribution < 1.29 is 5.11 Å². The lowest BCUT2D eigenvalue weighted by Gasteiger charge is -1.94. The van der Waals surface area contributed by atoms with Crippen LogP contribution in [-0.2, 0) is 6.54 Å². The van der Waals surface area contributed by atoms with E-state index in [1.54, 1.807) is 12.5 Å². The van der Waals surface area contributed by atoms with Crippen LogP contribution < -0.4 is 5.32 Å². The Bertz CT molecular complexity index is 149. The van der Waals surface area contributed by atoms with Crippen molar-refractivity contribution in [3.05, 3.63) is 18.2 Å². The monoisotopic (exact) mass is 127 g/mol. The molecule has 0 fully saturated rings. The van der Waals surface area contributed by atoms with Crippen LogP contribution in [0.15, 0.2) is 12.5 Å². The highest BCUT2D eigenvalue weighted by atomic mass is 16.3. The fourth-order valence-electron chi connectivity index (χ4n) is 0.572. The predicted molar refractivity (Wildman–Crippen MR) is 32.5 cm³/mol. The van der Waals surface area contributed by atoms with Crippen molar-refractivity contribution in [1.82, 2.24) is 15.3 Å². The lowest BCUT2D eigenvalue weighted by Crippen LogP contribution is -2.13. The lowest BCUT2D eigenvalue weighted by atomic mass is 10.5. The number of nitrogens with zero attached hydrogens (tertiary/aromatic N) is 1. The van der Waals surface area contributed by atoms with Gasteiger partial charge in [0, 0.05) is 18.4 Å². The van der Waals surface area contributed by atoms with E-state index in [1.165, 1.54) is 0 Å². The summed E-state index contributed by atoms with van der Waals surface area (Å²) in [6.45, 7) is 0.634. The third kappa shape index (κ3) is 1.83. The number of aromatic nitrogens is 2. The van der Waals surface area contributed by atoms with E-state index in [2.05, 4.69) is 15.3 Å².